The summed E-state index contributed by atoms with van der Waals surface area (Å²) in [6, 6.07) is 1.71. The number of nitrogens with two attached hydrogens (primary N) is 1. The Labute approximate surface area is 105 Å². The maximum Gasteiger partial charge on any atom is 0.191 e. The van der Waals surface area contributed by atoms with Gasteiger partial charge in [0.05, 0.1) is 6.10 Å². The fourth-order valence-electron chi connectivity index (χ4n) is 1.34. The van der Waals surface area contributed by atoms with Crippen molar-refractivity contribution in [3.63, 3.8) is 0 Å². The van der Waals surface area contributed by atoms with E-state index in [1.165, 1.54) is 11.8 Å². The van der Waals surface area contributed by atoms with Gasteiger partial charge in [0.25, 0.3) is 0 Å². The first kappa shape index (κ1) is 14.0. The fraction of sp³-hybridized carbons (Fsp3) is 0.600. The van der Waals surface area contributed by atoms with Crippen LogP contribution >= 0.6 is 11.8 Å². The molecule has 5 N–H and O–H groups in total. The molecule has 1 unspecified atom stereocenters. The predicted octanol–water partition coefficient (Wildman–Crippen LogP) is 1.06. The SMILES string of the molecule is CCCC(O)CNc1cc(NN)nc(SC)n1. The zero-order valence-corrected chi connectivity index (χ0v) is 10.9. The zero-order valence-electron chi connectivity index (χ0n) is 10.1. The molecule has 0 spiro atoms. The molecule has 0 bridgehead atoms. The average molecular weight is 257 g/mol. The van der Waals surface area contributed by atoms with Crippen LogP contribution in [0, 0.1) is 0 Å². The molecule has 0 aliphatic heterocycles. The van der Waals surface area contributed by atoms with Crippen molar-refractivity contribution < 1.29 is 5.11 Å². The summed E-state index contributed by atoms with van der Waals surface area (Å²) in [5, 5.41) is 13.3. The first-order valence-electron chi connectivity index (χ1n) is 5.51. The average Bonchev–Trinajstić information content (AvgIpc) is 2.36. The molecule has 0 aliphatic rings. The van der Waals surface area contributed by atoms with Gasteiger partial charge in [-0.2, -0.15) is 0 Å². The maximum absolute atomic E-state index is 9.61. The van der Waals surface area contributed by atoms with Crippen LogP contribution in [0.15, 0.2) is 11.2 Å². The number of rotatable bonds is 7. The summed E-state index contributed by atoms with van der Waals surface area (Å²) in [4.78, 5) is 8.41. The Bertz CT molecular complexity index is 327. The molecule has 0 fully saturated rings. The normalized spacial score (nSPS) is 12.2. The number of nitrogens with one attached hydrogen (secondary N) is 2. The van der Waals surface area contributed by atoms with Crippen LogP contribution in [0.5, 0.6) is 0 Å². The van der Waals surface area contributed by atoms with Gasteiger partial charge in [-0.25, -0.2) is 15.8 Å². The molecule has 1 aromatic rings. The quantitative estimate of drug-likeness (QED) is 0.251. The molecule has 17 heavy (non-hydrogen) atoms. The zero-order chi connectivity index (χ0) is 12.7. The van der Waals surface area contributed by atoms with E-state index < -0.39 is 0 Å². The van der Waals surface area contributed by atoms with E-state index in [9.17, 15) is 5.11 Å². The Morgan fingerprint density at radius 1 is 1.47 bits per heavy atom. The van der Waals surface area contributed by atoms with Crippen molar-refractivity contribution >= 4 is 23.4 Å². The Morgan fingerprint density at radius 2 is 2.18 bits per heavy atom. The highest BCUT2D eigenvalue weighted by molar-refractivity contribution is 7.98. The van der Waals surface area contributed by atoms with E-state index in [0.717, 1.165) is 12.8 Å². The van der Waals surface area contributed by atoms with Crippen LogP contribution in [0.4, 0.5) is 11.6 Å². The van der Waals surface area contributed by atoms with Gasteiger partial charge in [0.1, 0.15) is 11.6 Å². The molecule has 96 valence electrons. The smallest absolute Gasteiger partial charge is 0.191 e. The first-order valence-corrected chi connectivity index (χ1v) is 6.73. The van der Waals surface area contributed by atoms with E-state index in [-0.39, 0.29) is 6.10 Å². The van der Waals surface area contributed by atoms with E-state index in [0.29, 0.717) is 23.3 Å². The van der Waals surface area contributed by atoms with Crippen LogP contribution in [-0.4, -0.2) is 34.0 Å². The number of aliphatic hydroxyl groups excluding tert-OH is 1. The Morgan fingerprint density at radius 3 is 2.76 bits per heavy atom. The monoisotopic (exact) mass is 257 g/mol. The van der Waals surface area contributed by atoms with Crippen molar-refractivity contribution in [1.29, 1.82) is 0 Å². The fourth-order valence-corrected chi connectivity index (χ4v) is 1.72. The van der Waals surface area contributed by atoms with Crippen LogP contribution in [0.25, 0.3) is 0 Å². The molecule has 0 saturated heterocycles. The molecule has 0 amide bonds. The number of hydrazine groups is 1. The van der Waals surface area contributed by atoms with E-state index in [1.54, 1.807) is 6.07 Å². The summed E-state index contributed by atoms with van der Waals surface area (Å²) < 4.78 is 0. The molecule has 0 aliphatic carbocycles. The van der Waals surface area contributed by atoms with Gasteiger partial charge in [0.15, 0.2) is 5.16 Å². The molecule has 1 heterocycles. The van der Waals surface area contributed by atoms with Crippen LogP contribution in [0.1, 0.15) is 19.8 Å². The van der Waals surface area contributed by atoms with Gasteiger partial charge in [0, 0.05) is 12.6 Å². The lowest BCUT2D eigenvalue weighted by Crippen LogP contribution is -2.20. The van der Waals surface area contributed by atoms with Gasteiger partial charge >= 0.3 is 0 Å². The third kappa shape index (κ3) is 4.76. The summed E-state index contributed by atoms with van der Waals surface area (Å²) in [6.07, 6.45) is 3.26. The van der Waals surface area contributed by atoms with Gasteiger partial charge in [-0.15, -0.1) is 0 Å². The second-order valence-electron chi connectivity index (χ2n) is 3.59. The molecule has 6 nitrogen and oxygen atoms in total. The predicted molar refractivity (Wildman–Crippen MR) is 71.0 cm³/mol. The Hall–Kier alpha value is -1.05. The Kier molecular flexibility index (Phi) is 6.03. The first-order chi connectivity index (χ1) is 8.19. The van der Waals surface area contributed by atoms with Crippen LogP contribution < -0.4 is 16.6 Å². The highest BCUT2D eigenvalue weighted by Gasteiger charge is 2.06. The highest BCUT2D eigenvalue weighted by Crippen LogP contribution is 2.16. The molecular weight excluding hydrogens is 238 g/mol. The summed E-state index contributed by atoms with van der Waals surface area (Å²) in [5.74, 6) is 6.53. The molecular formula is C10H19N5OS. The van der Waals surface area contributed by atoms with E-state index in [4.69, 9.17) is 5.84 Å². The van der Waals surface area contributed by atoms with Gasteiger partial charge in [-0.1, -0.05) is 25.1 Å². The van der Waals surface area contributed by atoms with Crippen molar-refractivity contribution in [2.24, 2.45) is 5.84 Å². The van der Waals surface area contributed by atoms with Crippen LogP contribution in [0.3, 0.4) is 0 Å². The van der Waals surface area contributed by atoms with Crippen LogP contribution in [0.2, 0.25) is 0 Å². The van der Waals surface area contributed by atoms with E-state index in [2.05, 4.69) is 20.7 Å². The molecule has 0 radical (unpaired) electrons. The molecule has 0 saturated carbocycles. The number of thioether (sulfide) groups is 1. The molecule has 1 atom stereocenters. The van der Waals surface area contributed by atoms with Crippen molar-refractivity contribution in [3.8, 4) is 0 Å². The lowest BCUT2D eigenvalue weighted by molar-refractivity contribution is 0.176. The minimum Gasteiger partial charge on any atom is -0.391 e. The van der Waals surface area contributed by atoms with E-state index >= 15 is 0 Å². The topological polar surface area (TPSA) is 96.1 Å². The molecule has 1 aromatic heterocycles. The van der Waals surface area contributed by atoms with Crippen molar-refractivity contribution in [2.75, 3.05) is 23.5 Å². The largest absolute Gasteiger partial charge is 0.391 e. The minimum absolute atomic E-state index is 0.359. The van der Waals surface area contributed by atoms with Gasteiger partial charge in [0.2, 0.25) is 0 Å². The van der Waals surface area contributed by atoms with Gasteiger partial charge in [-0.3, -0.25) is 0 Å². The highest BCUT2D eigenvalue weighted by atomic mass is 32.2. The summed E-state index contributed by atoms with van der Waals surface area (Å²) in [7, 11) is 0. The standard InChI is InChI=1S/C10H19N5OS/c1-3-4-7(16)6-12-8-5-9(15-11)14-10(13-8)17-2/h5,7,16H,3-4,6,11H2,1-2H3,(H2,12,13,14,15). The second kappa shape index (κ2) is 7.31. The van der Waals surface area contributed by atoms with E-state index in [1.807, 2.05) is 13.2 Å². The molecule has 7 heteroatoms. The second-order valence-corrected chi connectivity index (χ2v) is 4.37. The third-order valence-corrected chi connectivity index (χ3v) is 2.72. The van der Waals surface area contributed by atoms with Gasteiger partial charge in [-0.05, 0) is 12.7 Å². The minimum atomic E-state index is -0.359. The van der Waals surface area contributed by atoms with Gasteiger partial charge < -0.3 is 15.8 Å². The number of anilines is 2. The molecule has 1 rings (SSSR count). The lowest BCUT2D eigenvalue weighted by atomic mass is 10.2. The number of aliphatic hydroxyl groups is 1. The summed E-state index contributed by atoms with van der Waals surface area (Å²) in [6.45, 7) is 2.51. The summed E-state index contributed by atoms with van der Waals surface area (Å²) >= 11 is 1.44. The van der Waals surface area contributed by atoms with Crippen molar-refractivity contribution in [2.45, 2.75) is 31.0 Å². The van der Waals surface area contributed by atoms with Crippen LogP contribution in [-0.2, 0) is 0 Å². The third-order valence-electron chi connectivity index (χ3n) is 2.18. The number of nitrogen functional groups attached to an aromatic ring is 1. The number of hydrogen-bond acceptors (Lipinski definition) is 7. The lowest BCUT2D eigenvalue weighted by Gasteiger charge is -2.12. The number of hydrogen-bond donors (Lipinski definition) is 4. The number of nitrogens with zero attached hydrogens (tertiary/aromatic N) is 2. The molecule has 0 aromatic carbocycles. The Balaban J connectivity index is 2.63. The number of aromatic nitrogens is 2. The van der Waals surface area contributed by atoms with Crippen molar-refractivity contribution in [1.82, 2.24) is 9.97 Å². The maximum atomic E-state index is 9.61. The van der Waals surface area contributed by atoms with Crippen molar-refractivity contribution in [3.05, 3.63) is 6.07 Å². The summed E-state index contributed by atoms with van der Waals surface area (Å²) in [5.41, 5.74) is 2.49.